The van der Waals surface area contributed by atoms with E-state index < -0.39 is 0 Å². The fraction of sp³-hybridized carbons (Fsp3) is 0.182. The van der Waals surface area contributed by atoms with Crippen LogP contribution in [0, 0.1) is 0 Å². The van der Waals surface area contributed by atoms with Gasteiger partial charge in [-0.25, -0.2) is 5.84 Å². The molecule has 0 aliphatic rings. The highest BCUT2D eigenvalue weighted by Crippen LogP contribution is 2.17. The Hall–Kier alpha value is -2.01. The Bertz CT molecular complexity index is 422. The van der Waals surface area contributed by atoms with Gasteiger partial charge >= 0.3 is 0 Å². The molecule has 86 valence electrons. The topological polar surface area (TPSA) is 98.4 Å². The highest BCUT2D eigenvalue weighted by atomic mass is 16.1. The van der Waals surface area contributed by atoms with Crippen LogP contribution in [0.3, 0.4) is 0 Å². The minimum atomic E-state index is -0.205. The fourth-order valence-corrected chi connectivity index (χ4v) is 1.21. The van der Waals surface area contributed by atoms with Crippen molar-refractivity contribution in [3.63, 3.8) is 0 Å². The van der Waals surface area contributed by atoms with E-state index in [1.807, 2.05) is 0 Å². The van der Waals surface area contributed by atoms with Crippen molar-refractivity contribution in [2.75, 3.05) is 10.7 Å². The minimum Gasteiger partial charge on any atom is -0.399 e. The van der Waals surface area contributed by atoms with Gasteiger partial charge in [-0.1, -0.05) is 0 Å². The van der Waals surface area contributed by atoms with E-state index in [1.165, 1.54) is 11.9 Å². The average molecular weight is 220 g/mol. The van der Waals surface area contributed by atoms with Crippen LogP contribution in [0.1, 0.15) is 13.8 Å². The monoisotopic (exact) mass is 220 g/mol. The first-order valence-corrected chi connectivity index (χ1v) is 4.81. The molecule has 5 heteroatoms. The van der Waals surface area contributed by atoms with Gasteiger partial charge in [-0.3, -0.25) is 9.80 Å². The lowest BCUT2D eigenvalue weighted by Gasteiger charge is -2.20. The summed E-state index contributed by atoms with van der Waals surface area (Å²) in [6.45, 7) is 3.09. The van der Waals surface area contributed by atoms with E-state index in [1.54, 1.807) is 31.2 Å². The molecule has 0 unspecified atom stereocenters. The minimum absolute atomic E-state index is 0.152. The Morgan fingerprint density at radius 2 is 1.69 bits per heavy atom. The van der Waals surface area contributed by atoms with Crippen molar-refractivity contribution < 1.29 is 4.79 Å². The number of hydrogen-bond donors (Lipinski definition) is 3. The number of nitrogens with zero attached hydrogens (tertiary/aromatic N) is 1. The van der Waals surface area contributed by atoms with Gasteiger partial charge in [-0.15, -0.1) is 0 Å². The number of carbonyl (C=O) groups excluding carboxylic acids is 1. The van der Waals surface area contributed by atoms with Crippen molar-refractivity contribution in [1.29, 1.82) is 0 Å². The predicted molar refractivity (Wildman–Crippen MR) is 65.1 cm³/mol. The van der Waals surface area contributed by atoms with E-state index in [2.05, 4.69) is 0 Å². The number of nitrogens with two attached hydrogens (primary N) is 3. The molecule has 16 heavy (non-hydrogen) atoms. The van der Waals surface area contributed by atoms with Crippen LogP contribution in [-0.4, -0.2) is 5.78 Å². The zero-order chi connectivity index (χ0) is 12.3. The Morgan fingerprint density at radius 1 is 1.19 bits per heavy atom. The standard InChI is InChI=1S/C11H16N4O/c1-7(11(13)8(2)16)15(14)10-5-3-9(12)4-6-10/h3-6H,12-14H2,1-2H3/b11-7-. The van der Waals surface area contributed by atoms with Gasteiger partial charge in [0.2, 0.25) is 0 Å². The molecule has 0 radical (unpaired) electrons. The van der Waals surface area contributed by atoms with Crippen molar-refractivity contribution in [2.24, 2.45) is 11.6 Å². The van der Waals surface area contributed by atoms with E-state index in [0.29, 0.717) is 11.4 Å². The second kappa shape index (κ2) is 4.67. The van der Waals surface area contributed by atoms with Crippen molar-refractivity contribution in [2.45, 2.75) is 13.8 Å². The first-order chi connectivity index (χ1) is 7.43. The normalized spacial score (nSPS) is 11.9. The highest BCUT2D eigenvalue weighted by molar-refractivity contribution is 5.93. The third kappa shape index (κ3) is 2.52. The van der Waals surface area contributed by atoms with Crippen LogP contribution in [0.4, 0.5) is 11.4 Å². The number of benzene rings is 1. The van der Waals surface area contributed by atoms with E-state index in [4.69, 9.17) is 17.3 Å². The van der Waals surface area contributed by atoms with Crippen LogP contribution in [0.15, 0.2) is 35.7 Å². The summed E-state index contributed by atoms with van der Waals surface area (Å²) in [4.78, 5) is 11.1. The second-order valence-electron chi connectivity index (χ2n) is 3.52. The smallest absolute Gasteiger partial charge is 0.177 e. The van der Waals surface area contributed by atoms with E-state index in [0.717, 1.165) is 5.69 Å². The van der Waals surface area contributed by atoms with Crippen LogP contribution in [0.2, 0.25) is 0 Å². The average Bonchev–Trinajstić information content (AvgIpc) is 2.27. The van der Waals surface area contributed by atoms with Gasteiger partial charge in [0.15, 0.2) is 5.78 Å². The number of hydrogen-bond acceptors (Lipinski definition) is 5. The number of ketones is 1. The maximum absolute atomic E-state index is 11.1. The quantitative estimate of drug-likeness (QED) is 0.302. The molecule has 0 aromatic heterocycles. The molecular weight excluding hydrogens is 204 g/mol. The van der Waals surface area contributed by atoms with Crippen LogP contribution >= 0.6 is 0 Å². The number of rotatable bonds is 3. The molecule has 0 saturated carbocycles. The maximum Gasteiger partial charge on any atom is 0.177 e. The summed E-state index contributed by atoms with van der Waals surface area (Å²) in [7, 11) is 0. The van der Waals surface area contributed by atoms with Gasteiger partial charge in [-0.05, 0) is 31.2 Å². The van der Waals surface area contributed by atoms with Crippen molar-refractivity contribution in [3.05, 3.63) is 35.7 Å². The zero-order valence-electron chi connectivity index (χ0n) is 9.40. The lowest BCUT2D eigenvalue weighted by Crippen LogP contribution is -2.32. The van der Waals surface area contributed by atoms with E-state index >= 15 is 0 Å². The molecule has 0 spiro atoms. The number of nitrogen functional groups attached to an aromatic ring is 1. The first-order valence-electron chi connectivity index (χ1n) is 4.81. The van der Waals surface area contributed by atoms with Gasteiger partial charge in [0.05, 0.1) is 17.1 Å². The molecule has 0 heterocycles. The van der Waals surface area contributed by atoms with Crippen molar-refractivity contribution in [3.8, 4) is 0 Å². The zero-order valence-corrected chi connectivity index (χ0v) is 9.40. The lowest BCUT2D eigenvalue weighted by atomic mass is 10.2. The molecule has 0 atom stereocenters. The molecule has 0 saturated heterocycles. The second-order valence-corrected chi connectivity index (χ2v) is 3.52. The van der Waals surface area contributed by atoms with Crippen LogP contribution < -0.4 is 22.3 Å². The summed E-state index contributed by atoms with van der Waals surface area (Å²) in [6, 6.07) is 6.97. The molecule has 1 aromatic rings. The Balaban J connectivity index is 3.03. The molecule has 1 aromatic carbocycles. The van der Waals surface area contributed by atoms with Gasteiger partial charge in [0.1, 0.15) is 0 Å². The third-order valence-electron chi connectivity index (χ3n) is 2.30. The molecule has 1 rings (SSSR count). The van der Waals surface area contributed by atoms with Crippen LogP contribution in [0.5, 0.6) is 0 Å². The molecular formula is C11H16N4O. The Morgan fingerprint density at radius 3 is 2.12 bits per heavy atom. The summed E-state index contributed by atoms with van der Waals surface area (Å²) in [6.07, 6.45) is 0. The molecule has 0 fully saturated rings. The van der Waals surface area contributed by atoms with E-state index in [-0.39, 0.29) is 11.5 Å². The largest absolute Gasteiger partial charge is 0.399 e. The van der Waals surface area contributed by atoms with Crippen LogP contribution in [-0.2, 0) is 4.79 Å². The number of hydrazine groups is 1. The highest BCUT2D eigenvalue weighted by Gasteiger charge is 2.10. The van der Waals surface area contributed by atoms with Gasteiger partial charge in [-0.2, -0.15) is 0 Å². The SMILES string of the molecule is CC(=O)/C(N)=C(\C)N(N)c1ccc(N)cc1. The number of carbonyl (C=O) groups is 1. The van der Waals surface area contributed by atoms with E-state index in [9.17, 15) is 4.79 Å². The van der Waals surface area contributed by atoms with Crippen LogP contribution in [0.25, 0.3) is 0 Å². The predicted octanol–water partition coefficient (Wildman–Crippen LogP) is 0.728. The summed E-state index contributed by atoms with van der Waals surface area (Å²) < 4.78 is 0. The molecule has 0 aliphatic carbocycles. The first kappa shape index (κ1) is 12.1. The summed E-state index contributed by atoms with van der Waals surface area (Å²) >= 11 is 0. The van der Waals surface area contributed by atoms with Crippen molar-refractivity contribution >= 4 is 17.2 Å². The van der Waals surface area contributed by atoms with Gasteiger partial charge < -0.3 is 11.5 Å². The number of anilines is 2. The summed E-state index contributed by atoms with van der Waals surface area (Å²) in [5.41, 5.74) is 13.2. The third-order valence-corrected chi connectivity index (χ3v) is 2.30. The Kier molecular flexibility index (Phi) is 3.52. The molecule has 0 aliphatic heterocycles. The Labute approximate surface area is 94.5 Å². The fourth-order valence-electron chi connectivity index (χ4n) is 1.21. The molecule has 6 N–H and O–H groups in total. The molecule has 0 amide bonds. The summed E-state index contributed by atoms with van der Waals surface area (Å²) in [5, 5.41) is 1.36. The van der Waals surface area contributed by atoms with Crippen molar-refractivity contribution in [1.82, 2.24) is 0 Å². The number of allylic oxidation sites excluding steroid dienone is 2. The molecule has 5 nitrogen and oxygen atoms in total. The number of Topliss-reactive ketones (excluding diaryl/α,β-unsaturated/α-hetero) is 1. The van der Waals surface area contributed by atoms with Gasteiger partial charge in [0, 0.05) is 12.6 Å². The lowest BCUT2D eigenvalue weighted by molar-refractivity contribution is -0.113. The van der Waals surface area contributed by atoms with Gasteiger partial charge in [0.25, 0.3) is 0 Å². The maximum atomic E-state index is 11.1. The summed E-state index contributed by atoms with van der Waals surface area (Å²) in [5.74, 6) is 5.62. The molecule has 0 bridgehead atoms.